The third-order valence-electron chi connectivity index (χ3n) is 3.38. The fourth-order valence-electron chi connectivity index (χ4n) is 2.46. The lowest BCUT2D eigenvalue weighted by molar-refractivity contribution is -0.121. The van der Waals surface area contributed by atoms with Gasteiger partial charge in [-0.25, -0.2) is 0 Å². The van der Waals surface area contributed by atoms with E-state index in [0.717, 1.165) is 18.8 Å². The van der Waals surface area contributed by atoms with Gasteiger partial charge in [0.05, 0.1) is 6.54 Å². The molecule has 0 radical (unpaired) electrons. The highest BCUT2D eigenvalue weighted by atomic mass is 16.1. The minimum absolute atomic E-state index is 0.139. The van der Waals surface area contributed by atoms with Crippen LogP contribution >= 0.6 is 0 Å². The molecule has 1 fully saturated rings. The molecule has 3 heteroatoms. The second-order valence-corrected chi connectivity index (χ2v) is 5.25. The van der Waals surface area contributed by atoms with Crippen molar-refractivity contribution in [2.45, 2.75) is 65.0 Å². The van der Waals surface area contributed by atoms with Crippen LogP contribution in [0.5, 0.6) is 0 Å². The molecule has 0 aliphatic heterocycles. The molecule has 0 spiro atoms. The summed E-state index contributed by atoms with van der Waals surface area (Å²) >= 11 is 0. The van der Waals surface area contributed by atoms with Crippen LogP contribution in [-0.2, 0) is 4.79 Å². The van der Waals surface area contributed by atoms with E-state index in [0.29, 0.717) is 18.6 Å². The van der Waals surface area contributed by atoms with E-state index in [1.165, 1.54) is 19.3 Å². The summed E-state index contributed by atoms with van der Waals surface area (Å²) in [5, 5.41) is 6.36. The van der Waals surface area contributed by atoms with Gasteiger partial charge in [0.1, 0.15) is 0 Å². The Kier molecular flexibility index (Phi) is 5.81. The van der Waals surface area contributed by atoms with Crippen LogP contribution in [0.4, 0.5) is 0 Å². The Morgan fingerprint density at radius 2 is 2.19 bits per heavy atom. The van der Waals surface area contributed by atoms with Gasteiger partial charge in [-0.2, -0.15) is 0 Å². The monoisotopic (exact) mass is 226 g/mol. The van der Waals surface area contributed by atoms with E-state index in [-0.39, 0.29) is 5.91 Å². The maximum Gasteiger partial charge on any atom is 0.234 e. The molecule has 2 N–H and O–H groups in total. The van der Waals surface area contributed by atoms with E-state index in [1.54, 1.807) is 0 Å². The lowest BCUT2D eigenvalue weighted by Gasteiger charge is -2.15. The minimum Gasteiger partial charge on any atom is -0.353 e. The van der Waals surface area contributed by atoms with Crippen molar-refractivity contribution in [2.75, 3.05) is 6.54 Å². The molecule has 94 valence electrons. The number of carbonyl (C=O) groups is 1. The van der Waals surface area contributed by atoms with Crippen LogP contribution in [0.1, 0.15) is 52.9 Å². The summed E-state index contributed by atoms with van der Waals surface area (Å²) in [7, 11) is 0. The van der Waals surface area contributed by atoms with Gasteiger partial charge in [-0.05, 0) is 38.5 Å². The van der Waals surface area contributed by atoms with Crippen LogP contribution in [0.15, 0.2) is 0 Å². The average Bonchev–Trinajstić information content (AvgIpc) is 2.61. The first-order chi connectivity index (χ1) is 7.61. The van der Waals surface area contributed by atoms with Crippen molar-refractivity contribution in [3.8, 4) is 0 Å². The van der Waals surface area contributed by atoms with Crippen molar-refractivity contribution in [1.29, 1.82) is 0 Å². The Balaban J connectivity index is 2.10. The second-order valence-electron chi connectivity index (χ2n) is 5.25. The van der Waals surface area contributed by atoms with Crippen molar-refractivity contribution in [3.63, 3.8) is 0 Å². The number of hydrogen-bond donors (Lipinski definition) is 2. The van der Waals surface area contributed by atoms with Gasteiger partial charge >= 0.3 is 0 Å². The first-order valence-electron chi connectivity index (χ1n) is 6.64. The average molecular weight is 226 g/mol. The normalized spacial score (nSPS) is 26.7. The van der Waals surface area contributed by atoms with Crippen LogP contribution in [0.2, 0.25) is 0 Å². The molecule has 1 aliphatic carbocycles. The lowest BCUT2D eigenvalue weighted by Crippen LogP contribution is -2.41. The summed E-state index contributed by atoms with van der Waals surface area (Å²) in [4.78, 5) is 11.6. The van der Waals surface area contributed by atoms with Gasteiger partial charge in [0.2, 0.25) is 5.91 Å². The molecule has 1 amide bonds. The molecule has 16 heavy (non-hydrogen) atoms. The molecule has 0 aromatic carbocycles. The summed E-state index contributed by atoms with van der Waals surface area (Å²) in [6, 6.07) is 0.865. The van der Waals surface area contributed by atoms with Gasteiger partial charge in [0.15, 0.2) is 0 Å². The molecule has 0 saturated heterocycles. The molecule has 1 saturated carbocycles. The van der Waals surface area contributed by atoms with E-state index in [4.69, 9.17) is 0 Å². The van der Waals surface area contributed by atoms with Gasteiger partial charge in [-0.15, -0.1) is 0 Å². The molecule has 3 unspecified atom stereocenters. The highest BCUT2D eigenvalue weighted by molar-refractivity contribution is 5.78. The summed E-state index contributed by atoms with van der Waals surface area (Å²) in [6.07, 6.45) is 5.92. The Morgan fingerprint density at radius 1 is 1.44 bits per heavy atom. The predicted molar refractivity (Wildman–Crippen MR) is 67.3 cm³/mol. The van der Waals surface area contributed by atoms with Crippen LogP contribution in [0.3, 0.4) is 0 Å². The van der Waals surface area contributed by atoms with E-state index in [2.05, 4.69) is 31.4 Å². The molecule has 0 aromatic heterocycles. The lowest BCUT2D eigenvalue weighted by atomic mass is 10.1. The zero-order chi connectivity index (χ0) is 12.0. The zero-order valence-electron chi connectivity index (χ0n) is 10.9. The molecule has 1 aliphatic rings. The summed E-state index contributed by atoms with van der Waals surface area (Å²) in [5.41, 5.74) is 0. The summed E-state index contributed by atoms with van der Waals surface area (Å²) in [6.45, 7) is 6.97. The molecule has 3 nitrogen and oxygen atoms in total. The van der Waals surface area contributed by atoms with E-state index in [9.17, 15) is 4.79 Å². The van der Waals surface area contributed by atoms with Gasteiger partial charge in [0, 0.05) is 12.1 Å². The zero-order valence-corrected chi connectivity index (χ0v) is 10.9. The van der Waals surface area contributed by atoms with Gasteiger partial charge in [0.25, 0.3) is 0 Å². The van der Waals surface area contributed by atoms with Crippen LogP contribution in [0, 0.1) is 5.92 Å². The maximum atomic E-state index is 11.6. The van der Waals surface area contributed by atoms with Crippen molar-refractivity contribution < 1.29 is 4.79 Å². The van der Waals surface area contributed by atoms with Crippen molar-refractivity contribution in [2.24, 2.45) is 5.92 Å². The molecule has 0 bridgehead atoms. The highest BCUT2D eigenvalue weighted by Crippen LogP contribution is 2.24. The Morgan fingerprint density at radius 3 is 2.75 bits per heavy atom. The van der Waals surface area contributed by atoms with Crippen molar-refractivity contribution in [1.82, 2.24) is 10.6 Å². The number of amides is 1. The third-order valence-corrected chi connectivity index (χ3v) is 3.38. The van der Waals surface area contributed by atoms with E-state index < -0.39 is 0 Å². The number of nitrogens with one attached hydrogen (secondary N) is 2. The summed E-state index contributed by atoms with van der Waals surface area (Å²) in [5.74, 6) is 0.958. The number of hydrogen-bond acceptors (Lipinski definition) is 2. The highest BCUT2D eigenvalue weighted by Gasteiger charge is 2.21. The van der Waals surface area contributed by atoms with Crippen molar-refractivity contribution in [3.05, 3.63) is 0 Å². The quantitative estimate of drug-likeness (QED) is 0.728. The minimum atomic E-state index is 0.139. The molecular weight excluding hydrogens is 200 g/mol. The number of carbonyl (C=O) groups excluding carboxylic acids is 1. The SMILES string of the molecule is CCCC(C)NC(=O)CNC1CCC(C)C1. The Hall–Kier alpha value is -0.570. The topological polar surface area (TPSA) is 41.1 Å². The van der Waals surface area contributed by atoms with Crippen LogP contribution < -0.4 is 10.6 Å². The molecule has 1 rings (SSSR count). The predicted octanol–water partition coefficient (Wildman–Crippen LogP) is 2.07. The maximum absolute atomic E-state index is 11.6. The number of rotatable bonds is 6. The fraction of sp³-hybridized carbons (Fsp3) is 0.923. The molecule has 3 atom stereocenters. The van der Waals surface area contributed by atoms with E-state index in [1.807, 2.05) is 0 Å². The standard InChI is InChI=1S/C13H26N2O/c1-4-5-11(3)15-13(16)9-14-12-7-6-10(2)8-12/h10-12,14H,4-9H2,1-3H3,(H,15,16). The summed E-state index contributed by atoms with van der Waals surface area (Å²) < 4.78 is 0. The molecule has 0 heterocycles. The second kappa shape index (κ2) is 6.89. The van der Waals surface area contributed by atoms with Crippen LogP contribution in [-0.4, -0.2) is 24.5 Å². The van der Waals surface area contributed by atoms with Crippen LogP contribution in [0.25, 0.3) is 0 Å². The van der Waals surface area contributed by atoms with Gasteiger partial charge in [-0.1, -0.05) is 20.3 Å². The first-order valence-corrected chi connectivity index (χ1v) is 6.64. The molecule has 0 aromatic rings. The fourth-order valence-corrected chi connectivity index (χ4v) is 2.46. The largest absolute Gasteiger partial charge is 0.353 e. The third kappa shape index (κ3) is 4.97. The first kappa shape index (κ1) is 13.5. The van der Waals surface area contributed by atoms with Crippen molar-refractivity contribution >= 4 is 5.91 Å². The Bertz CT molecular complexity index is 218. The van der Waals surface area contributed by atoms with Gasteiger partial charge in [-0.3, -0.25) is 4.79 Å². The van der Waals surface area contributed by atoms with Gasteiger partial charge < -0.3 is 10.6 Å². The van der Waals surface area contributed by atoms with E-state index >= 15 is 0 Å². The molecular formula is C13H26N2O. The smallest absolute Gasteiger partial charge is 0.234 e. The Labute approximate surface area is 99.4 Å².